The molecule has 146 valence electrons. The van der Waals surface area contributed by atoms with Gasteiger partial charge in [0.15, 0.2) is 5.84 Å². The van der Waals surface area contributed by atoms with Crippen molar-refractivity contribution < 1.29 is 14.1 Å². The molecule has 0 saturated carbocycles. The molecule has 0 bridgehead atoms. The summed E-state index contributed by atoms with van der Waals surface area (Å²) in [4.78, 5) is 14.7. The number of amides is 1. The van der Waals surface area contributed by atoms with Gasteiger partial charge in [-0.1, -0.05) is 6.07 Å². The second-order valence-electron chi connectivity index (χ2n) is 6.60. The third-order valence-corrected chi connectivity index (χ3v) is 5.57. The molecule has 3 N–H and O–H groups in total. The number of aromatic nitrogens is 2. The Morgan fingerprint density at radius 3 is 3.07 bits per heavy atom. The molecular formula is C18H20N6O3S. The second kappa shape index (κ2) is 8.03. The summed E-state index contributed by atoms with van der Waals surface area (Å²) in [7, 11) is 0. The summed E-state index contributed by atoms with van der Waals surface area (Å²) in [6.45, 7) is 1.00. The fraction of sp³-hybridized carbons (Fsp3) is 0.333. The van der Waals surface area contributed by atoms with Crippen LogP contribution >= 0.6 is 0 Å². The van der Waals surface area contributed by atoms with Crippen LogP contribution in [0.25, 0.3) is 0 Å². The van der Waals surface area contributed by atoms with Crippen molar-refractivity contribution in [2.75, 3.05) is 17.9 Å². The number of hydrogen-bond acceptors (Lipinski definition) is 8. The Morgan fingerprint density at radius 1 is 1.36 bits per heavy atom. The Bertz CT molecular complexity index is 894. The van der Waals surface area contributed by atoms with Gasteiger partial charge in [0, 0.05) is 6.54 Å². The van der Waals surface area contributed by atoms with E-state index in [2.05, 4.69) is 19.3 Å². The minimum atomic E-state index is -1.59. The number of rotatable bonds is 4. The Morgan fingerprint density at radius 2 is 2.25 bits per heavy atom. The third kappa shape index (κ3) is 3.73. The third-order valence-electron chi connectivity index (χ3n) is 4.81. The summed E-state index contributed by atoms with van der Waals surface area (Å²) in [5.74, 6) is 0.644. The Labute approximate surface area is 165 Å². The van der Waals surface area contributed by atoms with Crippen LogP contribution in [0, 0.1) is 0 Å². The minimum Gasteiger partial charge on any atom is -0.566 e. The monoisotopic (exact) mass is 400 g/mol. The van der Waals surface area contributed by atoms with E-state index in [0.717, 1.165) is 19.3 Å². The number of carbonyl (C=O) groups excluding carboxylic acids is 1. The highest BCUT2D eigenvalue weighted by molar-refractivity contribution is 7.91. The maximum absolute atomic E-state index is 12.9. The number of piperidine rings is 1. The zero-order chi connectivity index (χ0) is 19.5. The molecule has 28 heavy (non-hydrogen) atoms. The first-order valence-corrected chi connectivity index (χ1v) is 10.1. The zero-order valence-corrected chi connectivity index (χ0v) is 15.9. The van der Waals surface area contributed by atoms with Gasteiger partial charge in [0.25, 0.3) is 5.91 Å². The molecule has 2 aromatic rings. The lowest BCUT2D eigenvalue weighted by Crippen LogP contribution is -2.46. The van der Waals surface area contributed by atoms with Crippen LogP contribution < -0.4 is 15.2 Å². The van der Waals surface area contributed by atoms with Crippen molar-refractivity contribution in [1.82, 2.24) is 15.1 Å². The van der Waals surface area contributed by atoms with E-state index in [1.807, 2.05) is 4.90 Å². The molecule has 1 amide bonds. The van der Waals surface area contributed by atoms with Crippen LogP contribution in [-0.2, 0) is 11.5 Å². The minimum absolute atomic E-state index is 0.0610. The van der Waals surface area contributed by atoms with Gasteiger partial charge < -0.3 is 19.9 Å². The van der Waals surface area contributed by atoms with Crippen molar-refractivity contribution in [2.45, 2.75) is 25.3 Å². The van der Waals surface area contributed by atoms with Crippen molar-refractivity contribution in [3.8, 4) is 5.75 Å². The summed E-state index contributed by atoms with van der Waals surface area (Å²) in [5, 5.41) is 7.52. The molecule has 10 heteroatoms. The van der Waals surface area contributed by atoms with Gasteiger partial charge in [0.05, 0.1) is 35.2 Å². The van der Waals surface area contributed by atoms with Gasteiger partial charge in [-0.3, -0.25) is 4.79 Å². The topological polar surface area (TPSA) is 129 Å². The van der Waals surface area contributed by atoms with Crippen molar-refractivity contribution >= 4 is 29.0 Å². The predicted octanol–water partition coefficient (Wildman–Crippen LogP) is 1.26. The van der Waals surface area contributed by atoms with Gasteiger partial charge in [-0.15, -0.1) is 0 Å². The summed E-state index contributed by atoms with van der Waals surface area (Å²) in [6, 6.07) is 6.96. The molecule has 2 aliphatic heterocycles. The number of amidine groups is 1. The number of hydrogen-bond donors (Lipinski definition) is 2. The number of fused-ring (bicyclic) bond motifs is 1. The number of nitrogens with two attached hydrogens (primary N) is 1. The molecular weight excluding hydrogens is 380 g/mol. The SMILES string of the molecule is NC1=N[S+]([O-])Nc2cccc(OCC3CCCCN3C(=O)c3ccnnc3)c21. The average molecular weight is 400 g/mol. The normalized spacial score (nSPS) is 21.3. The average Bonchev–Trinajstić information content (AvgIpc) is 2.72. The molecule has 0 radical (unpaired) electrons. The highest BCUT2D eigenvalue weighted by Gasteiger charge is 2.30. The lowest BCUT2D eigenvalue weighted by molar-refractivity contribution is 0.0527. The number of ether oxygens (including phenoxy) is 1. The van der Waals surface area contributed by atoms with Crippen LogP contribution in [0.3, 0.4) is 0 Å². The second-order valence-corrected chi connectivity index (χ2v) is 7.48. The van der Waals surface area contributed by atoms with E-state index in [1.54, 1.807) is 24.3 Å². The van der Waals surface area contributed by atoms with Crippen molar-refractivity contribution in [1.29, 1.82) is 0 Å². The smallest absolute Gasteiger partial charge is 0.255 e. The van der Waals surface area contributed by atoms with E-state index in [1.165, 1.54) is 12.4 Å². The van der Waals surface area contributed by atoms with Gasteiger partial charge in [-0.05, 0) is 41.9 Å². The Kier molecular flexibility index (Phi) is 5.31. The Balaban J connectivity index is 1.51. The standard InChI is InChI=1S/C18H20N6O3S/c19-17-16-14(22-28(26)23-17)5-3-6-15(16)27-11-13-4-1-2-9-24(13)18(25)12-7-8-20-21-10-12/h3,5-8,10,13,22H,1-2,4,9,11H2,(H2,19,23). The highest BCUT2D eigenvalue weighted by atomic mass is 32.2. The Hall–Kier alpha value is -2.85. The van der Waals surface area contributed by atoms with Crippen LogP contribution in [0.2, 0.25) is 0 Å². The van der Waals surface area contributed by atoms with E-state index in [0.29, 0.717) is 35.7 Å². The van der Waals surface area contributed by atoms with Gasteiger partial charge in [-0.2, -0.15) is 14.9 Å². The fourth-order valence-electron chi connectivity index (χ4n) is 3.46. The van der Waals surface area contributed by atoms with E-state index in [-0.39, 0.29) is 17.8 Å². The molecule has 1 saturated heterocycles. The van der Waals surface area contributed by atoms with Crippen molar-refractivity contribution in [2.24, 2.45) is 10.1 Å². The number of carbonyl (C=O) groups is 1. The molecule has 1 aromatic heterocycles. The molecule has 0 aliphatic carbocycles. The number of nitrogens with zero attached hydrogens (tertiary/aromatic N) is 4. The van der Waals surface area contributed by atoms with E-state index in [9.17, 15) is 9.35 Å². The summed E-state index contributed by atoms with van der Waals surface area (Å²) >= 11 is -1.59. The van der Waals surface area contributed by atoms with Crippen LogP contribution in [-0.4, -0.2) is 50.6 Å². The van der Waals surface area contributed by atoms with E-state index < -0.39 is 11.5 Å². The van der Waals surface area contributed by atoms with Crippen LogP contribution in [0.5, 0.6) is 5.75 Å². The first-order valence-electron chi connectivity index (χ1n) is 9.00. The maximum atomic E-state index is 12.9. The predicted molar refractivity (Wildman–Crippen MR) is 105 cm³/mol. The molecule has 9 nitrogen and oxygen atoms in total. The molecule has 3 heterocycles. The van der Waals surface area contributed by atoms with E-state index >= 15 is 0 Å². The lowest BCUT2D eigenvalue weighted by Gasteiger charge is -2.35. The van der Waals surface area contributed by atoms with Gasteiger partial charge in [0.1, 0.15) is 12.4 Å². The maximum Gasteiger partial charge on any atom is 0.255 e. The van der Waals surface area contributed by atoms with Crippen LogP contribution in [0.4, 0.5) is 5.69 Å². The van der Waals surface area contributed by atoms with Crippen molar-refractivity contribution in [3.63, 3.8) is 0 Å². The summed E-state index contributed by atoms with van der Waals surface area (Å²) < 4.78 is 24.3. The molecule has 2 unspecified atom stereocenters. The highest BCUT2D eigenvalue weighted by Crippen LogP contribution is 2.31. The van der Waals surface area contributed by atoms with Gasteiger partial charge >= 0.3 is 0 Å². The first-order chi connectivity index (χ1) is 13.6. The fourth-order valence-corrected chi connectivity index (χ4v) is 4.14. The zero-order valence-electron chi connectivity index (χ0n) is 15.1. The molecule has 1 aromatic carbocycles. The van der Waals surface area contributed by atoms with Gasteiger partial charge in [0.2, 0.25) is 11.5 Å². The number of nitrogens with one attached hydrogen (secondary N) is 1. The van der Waals surface area contributed by atoms with Crippen LogP contribution in [0.1, 0.15) is 35.2 Å². The number of likely N-dealkylation sites (tertiary alicyclic amines) is 1. The number of anilines is 1. The molecule has 2 atom stereocenters. The van der Waals surface area contributed by atoms with Crippen LogP contribution in [0.15, 0.2) is 41.1 Å². The molecule has 1 fully saturated rings. The molecule has 2 aliphatic rings. The lowest BCUT2D eigenvalue weighted by atomic mass is 10.0. The summed E-state index contributed by atoms with van der Waals surface area (Å²) in [6.07, 6.45) is 5.83. The quantitative estimate of drug-likeness (QED) is 0.739. The largest absolute Gasteiger partial charge is 0.566 e. The molecule has 4 rings (SSSR count). The van der Waals surface area contributed by atoms with Gasteiger partial charge in [-0.25, -0.2) is 0 Å². The summed E-state index contributed by atoms with van der Waals surface area (Å²) in [5.41, 5.74) is 7.68. The number of benzene rings is 1. The first kappa shape index (κ1) is 18.5. The van der Waals surface area contributed by atoms with E-state index in [4.69, 9.17) is 10.5 Å². The molecule has 0 spiro atoms. The van der Waals surface area contributed by atoms with Crippen molar-refractivity contribution in [3.05, 3.63) is 47.8 Å².